The standard InChI is InChI=1S/C22H22N4O2/c1-4-28-21(27)18-15(3)23-22-24-20(17-8-6-5-7-9-17)25-26(22)19(18)16-12-10-14(2)11-13-16/h5-13,19H,4H2,1-3H3,(H,23,24,25). The zero-order valence-corrected chi connectivity index (χ0v) is 16.1. The molecule has 2 aromatic carbocycles. The molecule has 0 fully saturated rings. The summed E-state index contributed by atoms with van der Waals surface area (Å²) in [6, 6.07) is 17.5. The fourth-order valence-corrected chi connectivity index (χ4v) is 3.39. The maximum atomic E-state index is 12.8. The van der Waals surface area contributed by atoms with Crippen LogP contribution in [0.2, 0.25) is 0 Å². The lowest BCUT2D eigenvalue weighted by atomic mass is 9.95. The third-order valence-electron chi connectivity index (χ3n) is 4.77. The molecule has 0 saturated carbocycles. The second-order valence-electron chi connectivity index (χ2n) is 6.77. The van der Waals surface area contributed by atoms with E-state index in [4.69, 9.17) is 9.84 Å². The number of esters is 1. The predicted octanol–water partition coefficient (Wildman–Crippen LogP) is 4.11. The second-order valence-corrected chi connectivity index (χ2v) is 6.77. The maximum absolute atomic E-state index is 12.8. The Balaban J connectivity index is 1.86. The van der Waals surface area contributed by atoms with Crippen LogP contribution >= 0.6 is 0 Å². The minimum absolute atomic E-state index is 0.315. The van der Waals surface area contributed by atoms with Gasteiger partial charge < -0.3 is 10.1 Å². The number of fused-ring (bicyclic) bond motifs is 1. The van der Waals surface area contributed by atoms with Crippen molar-refractivity contribution in [3.8, 4) is 11.4 Å². The number of allylic oxidation sites excluding steroid dienone is 1. The lowest BCUT2D eigenvalue weighted by molar-refractivity contribution is -0.139. The van der Waals surface area contributed by atoms with Crippen LogP contribution < -0.4 is 5.32 Å². The Kier molecular flexibility index (Phi) is 4.69. The molecule has 6 nitrogen and oxygen atoms in total. The molecule has 28 heavy (non-hydrogen) atoms. The van der Waals surface area contributed by atoms with Crippen LogP contribution in [-0.4, -0.2) is 27.3 Å². The smallest absolute Gasteiger partial charge is 0.338 e. The minimum Gasteiger partial charge on any atom is -0.463 e. The van der Waals surface area contributed by atoms with Gasteiger partial charge in [0, 0.05) is 11.3 Å². The van der Waals surface area contributed by atoms with E-state index in [0.717, 1.165) is 22.4 Å². The van der Waals surface area contributed by atoms with Crippen molar-refractivity contribution in [2.24, 2.45) is 0 Å². The van der Waals surface area contributed by atoms with E-state index < -0.39 is 6.04 Å². The van der Waals surface area contributed by atoms with E-state index in [1.165, 1.54) is 0 Å². The molecule has 142 valence electrons. The fraction of sp³-hybridized carbons (Fsp3) is 0.227. The van der Waals surface area contributed by atoms with E-state index >= 15 is 0 Å². The topological polar surface area (TPSA) is 69.0 Å². The van der Waals surface area contributed by atoms with Crippen LogP contribution in [0, 0.1) is 6.92 Å². The first-order chi connectivity index (χ1) is 13.6. The quantitative estimate of drug-likeness (QED) is 0.696. The monoisotopic (exact) mass is 374 g/mol. The average Bonchev–Trinajstić information content (AvgIpc) is 3.12. The lowest BCUT2D eigenvalue weighted by Crippen LogP contribution is -2.29. The first kappa shape index (κ1) is 18.0. The van der Waals surface area contributed by atoms with Crippen molar-refractivity contribution in [1.29, 1.82) is 0 Å². The molecule has 1 atom stereocenters. The summed E-state index contributed by atoms with van der Waals surface area (Å²) in [6.45, 7) is 6.02. The van der Waals surface area contributed by atoms with Gasteiger partial charge in [-0.15, -0.1) is 5.10 Å². The summed E-state index contributed by atoms with van der Waals surface area (Å²) in [7, 11) is 0. The maximum Gasteiger partial charge on any atom is 0.338 e. The number of nitrogens with zero attached hydrogens (tertiary/aromatic N) is 3. The first-order valence-electron chi connectivity index (χ1n) is 9.32. The van der Waals surface area contributed by atoms with Crippen molar-refractivity contribution in [1.82, 2.24) is 14.8 Å². The highest BCUT2D eigenvalue weighted by atomic mass is 16.5. The number of nitrogens with one attached hydrogen (secondary N) is 1. The van der Waals surface area contributed by atoms with E-state index in [-0.39, 0.29) is 5.97 Å². The second kappa shape index (κ2) is 7.31. The lowest BCUT2D eigenvalue weighted by Gasteiger charge is -2.28. The van der Waals surface area contributed by atoms with E-state index in [1.807, 2.05) is 68.4 Å². The highest BCUT2D eigenvalue weighted by Crippen LogP contribution is 2.36. The Morgan fingerprint density at radius 2 is 1.82 bits per heavy atom. The number of hydrogen-bond donors (Lipinski definition) is 1. The van der Waals surface area contributed by atoms with Crippen molar-refractivity contribution < 1.29 is 9.53 Å². The summed E-state index contributed by atoms with van der Waals surface area (Å²) < 4.78 is 7.11. The van der Waals surface area contributed by atoms with Crippen LogP contribution in [0.25, 0.3) is 11.4 Å². The van der Waals surface area contributed by atoms with Crippen LogP contribution in [0.15, 0.2) is 65.9 Å². The molecule has 0 aliphatic carbocycles. The molecule has 1 N–H and O–H groups in total. The van der Waals surface area contributed by atoms with E-state index in [0.29, 0.717) is 24.0 Å². The molecule has 4 rings (SSSR count). The van der Waals surface area contributed by atoms with Crippen molar-refractivity contribution in [2.75, 3.05) is 11.9 Å². The van der Waals surface area contributed by atoms with Gasteiger partial charge in [0.2, 0.25) is 5.95 Å². The van der Waals surface area contributed by atoms with Crippen LogP contribution in [-0.2, 0) is 9.53 Å². The van der Waals surface area contributed by atoms with Crippen molar-refractivity contribution in [3.63, 3.8) is 0 Å². The molecule has 1 aliphatic rings. The van der Waals surface area contributed by atoms with Gasteiger partial charge in [-0.2, -0.15) is 4.98 Å². The molecule has 0 bridgehead atoms. The van der Waals surface area contributed by atoms with Crippen molar-refractivity contribution in [2.45, 2.75) is 26.8 Å². The molecule has 1 unspecified atom stereocenters. The summed E-state index contributed by atoms with van der Waals surface area (Å²) in [5, 5.41) is 7.95. The molecule has 0 radical (unpaired) electrons. The summed E-state index contributed by atoms with van der Waals surface area (Å²) in [4.78, 5) is 17.4. The Hall–Kier alpha value is -3.41. The third kappa shape index (κ3) is 3.17. The van der Waals surface area contributed by atoms with Gasteiger partial charge in [0.25, 0.3) is 0 Å². The number of aryl methyl sites for hydroxylation is 1. The van der Waals surface area contributed by atoms with Crippen LogP contribution in [0.1, 0.15) is 31.0 Å². The molecular formula is C22H22N4O2. The number of rotatable bonds is 4. The highest BCUT2D eigenvalue weighted by molar-refractivity contribution is 5.92. The Bertz CT molecular complexity index is 1040. The van der Waals surface area contributed by atoms with E-state index in [9.17, 15) is 4.79 Å². The Labute approximate surface area is 163 Å². The Morgan fingerprint density at radius 1 is 1.11 bits per heavy atom. The number of aromatic nitrogens is 3. The van der Waals surface area contributed by atoms with Gasteiger partial charge in [-0.1, -0.05) is 60.2 Å². The molecule has 1 aromatic heterocycles. The normalized spacial score (nSPS) is 15.8. The average molecular weight is 374 g/mol. The van der Waals surface area contributed by atoms with Gasteiger partial charge in [-0.3, -0.25) is 0 Å². The number of anilines is 1. The minimum atomic E-state index is -0.402. The summed E-state index contributed by atoms with van der Waals surface area (Å²) in [5.41, 5.74) is 4.30. The fourth-order valence-electron chi connectivity index (χ4n) is 3.39. The molecule has 6 heteroatoms. The summed E-state index contributed by atoms with van der Waals surface area (Å²) >= 11 is 0. The predicted molar refractivity (Wildman–Crippen MR) is 108 cm³/mol. The molecular weight excluding hydrogens is 352 g/mol. The van der Waals surface area contributed by atoms with Gasteiger partial charge in [-0.05, 0) is 26.3 Å². The van der Waals surface area contributed by atoms with Gasteiger partial charge in [0.05, 0.1) is 12.2 Å². The number of ether oxygens (including phenoxy) is 1. The van der Waals surface area contributed by atoms with E-state index in [2.05, 4.69) is 10.3 Å². The van der Waals surface area contributed by atoms with Crippen LogP contribution in [0.5, 0.6) is 0 Å². The molecule has 3 aromatic rings. The summed E-state index contributed by atoms with van der Waals surface area (Å²) in [6.07, 6.45) is 0. The zero-order chi connectivity index (χ0) is 19.7. The largest absolute Gasteiger partial charge is 0.463 e. The summed E-state index contributed by atoms with van der Waals surface area (Å²) in [5.74, 6) is 0.869. The third-order valence-corrected chi connectivity index (χ3v) is 4.77. The number of benzene rings is 2. The van der Waals surface area contributed by atoms with Crippen molar-refractivity contribution >= 4 is 11.9 Å². The number of carbonyl (C=O) groups is 1. The molecule has 0 spiro atoms. The molecule has 1 aliphatic heterocycles. The van der Waals surface area contributed by atoms with Gasteiger partial charge in [0.15, 0.2) is 5.82 Å². The molecule has 2 heterocycles. The SMILES string of the molecule is CCOC(=O)C1=C(C)Nc2nc(-c3ccccc3)nn2C1c1ccc(C)cc1. The van der Waals surface area contributed by atoms with Gasteiger partial charge in [0.1, 0.15) is 6.04 Å². The van der Waals surface area contributed by atoms with Crippen LogP contribution in [0.3, 0.4) is 0 Å². The number of hydrogen-bond acceptors (Lipinski definition) is 5. The van der Waals surface area contributed by atoms with Crippen molar-refractivity contribution in [3.05, 3.63) is 77.0 Å². The highest BCUT2D eigenvalue weighted by Gasteiger charge is 2.35. The van der Waals surface area contributed by atoms with Gasteiger partial charge >= 0.3 is 5.97 Å². The molecule has 0 amide bonds. The zero-order valence-electron chi connectivity index (χ0n) is 16.1. The first-order valence-corrected chi connectivity index (χ1v) is 9.32. The Morgan fingerprint density at radius 3 is 2.50 bits per heavy atom. The molecule has 0 saturated heterocycles. The van der Waals surface area contributed by atoms with E-state index in [1.54, 1.807) is 11.6 Å². The number of carbonyl (C=O) groups excluding carboxylic acids is 1. The van der Waals surface area contributed by atoms with Gasteiger partial charge in [-0.25, -0.2) is 9.48 Å². The van der Waals surface area contributed by atoms with Crippen LogP contribution in [0.4, 0.5) is 5.95 Å².